The van der Waals surface area contributed by atoms with Crippen molar-refractivity contribution in [2.24, 2.45) is 13.0 Å². The average molecular weight is 536 g/mol. The Morgan fingerprint density at radius 2 is 1.82 bits per heavy atom. The Hall–Kier alpha value is -3.80. The number of benzene rings is 2. The van der Waals surface area contributed by atoms with E-state index in [0.717, 1.165) is 46.2 Å². The fraction of sp³-hybridized carbons (Fsp3) is 0.394. The van der Waals surface area contributed by atoms with Gasteiger partial charge >= 0.3 is 5.97 Å². The van der Waals surface area contributed by atoms with Crippen LogP contribution in [-0.2, 0) is 27.7 Å². The zero-order valence-electron chi connectivity index (χ0n) is 24.7. The van der Waals surface area contributed by atoms with E-state index in [1.807, 2.05) is 87.9 Å². The molecule has 1 saturated carbocycles. The molecule has 1 aliphatic carbocycles. The van der Waals surface area contributed by atoms with E-state index in [-0.39, 0.29) is 5.97 Å². The van der Waals surface area contributed by atoms with Crippen LogP contribution in [0.3, 0.4) is 0 Å². The average Bonchev–Trinajstić information content (AvgIpc) is 3.73. The highest BCUT2D eigenvalue weighted by Gasteiger charge is 2.25. The Bertz CT molecular complexity index is 1200. The molecule has 0 spiro atoms. The van der Waals surface area contributed by atoms with Gasteiger partial charge in [0.25, 0.3) is 0 Å². The number of carbonyl (C=O) groups is 2. The second kappa shape index (κ2) is 18.5. The number of esters is 1. The van der Waals surface area contributed by atoms with Crippen molar-refractivity contribution < 1.29 is 23.8 Å². The fourth-order valence-electron chi connectivity index (χ4n) is 3.82. The largest absolute Gasteiger partial charge is 0.505 e. The van der Waals surface area contributed by atoms with Crippen molar-refractivity contribution in [2.45, 2.75) is 53.9 Å². The predicted octanol–water partition coefficient (Wildman–Crippen LogP) is 7.94. The Morgan fingerprint density at radius 3 is 2.36 bits per heavy atom. The van der Waals surface area contributed by atoms with Crippen LogP contribution in [-0.4, -0.2) is 37.1 Å². The summed E-state index contributed by atoms with van der Waals surface area (Å²) in [5.74, 6) is 1.10. The minimum absolute atomic E-state index is 0.306. The first-order chi connectivity index (χ1) is 18.9. The minimum Gasteiger partial charge on any atom is -0.505 e. The molecule has 1 fully saturated rings. The number of nitrogens with zero attached hydrogens (tertiary/aromatic N) is 1. The van der Waals surface area contributed by atoms with Gasteiger partial charge in [-0.2, -0.15) is 0 Å². The number of allylic oxidation sites excluding steroid dienone is 2. The molecule has 0 bridgehead atoms. The van der Waals surface area contributed by atoms with E-state index in [0.29, 0.717) is 24.6 Å². The monoisotopic (exact) mass is 535 g/mol. The molecular formula is C33H45NO5. The number of hydrogen-bond acceptors (Lipinski definition) is 5. The van der Waals surface area contributed by atoms with Crippen LogP contribution in [0.1, 0.15) is 63.5 Å². The van der Waals surface area contributed by atoms with Crippen LogP contribution in [0.15, 0.2) is 67.5 Å². The fourth-order valence-corrected chi connectivity index (χ4v) is 3.82. The van der Waals surface area contributed by atoms with E-state index >= 15 is 0 Å². The van der Waals surface area contributed by atoms with Crippen molar-refractivity contribution in [3.63, 3.8) is 0 Å². The molecule has 6 nitrogen and oxygen atoms in total. The zero-order valence-corrected chi connectivity index (χ0v) is 24.7. The van der Waals surface area contributed by atoms with Crippen LogP contribution in [0.2, 0.25) is 0 Å². The van der Waals surface area contributed by atoms with Crippen LogP contribution >= 0.6 is 0 Å². The number of carbonyl (C=O) groups excluding carboxylic acids is 2. The Labute approximate surface area is 234 Å². The summed E-state index contributed by atoms with van der Waals surface area (Å²) in [5, 5.41) is 0.925. The Kier molecular flexibility index (Phi) is 15.7. The highest BCUT2D eigenvalue weighted by Crippen LogP contribution is 2.37. The van der Waals surface area contributed by atoms with Crippen molar-refractivity contribution in [3.05, 3.63) is 78.7 Å². The van der Waals surface area contributed by atoms with Gasteiger partial charge in [-0.15, -0.1) is 6.58 Å². The normalized spacial score (nSPS) is 11.7. The topological polar surface area (TPSA) is 66.8 Å². The Balaban J connectivity index is 0.000000663. The van der Waals surface area contributed by atoms with Gasteiger partial charge in [0, 0.05) is 29.9 Å². The summed E-state index contributed by atoms with van der Waals surface area (Å²) in [5.41, 5.74) is 4.04. The molecule has 0 amide bonds. The van der Waals surface area contributed by atoms with Crippen LogP contribution in [0, 0.1) is 5.92 Å². The summed E-state index contributed by atoms with van der Waals surface area (Å²) >= 11 is 0. The molecule has 1 heterocycles. The van der Waals surface area contributed by atoms with E-state index in [1.54, 1.807) is 26.4 Å². The van der Waals surface area contributed by atoms with E-state index in [9.17, 15) is 9.59 Å². The number of aromatic nitrogens is 1. The molecule has 0 N–H and O–H groups in total. The molecule has 2 aromatic carbocycles. The smallest absolute Gasteiger partial charge is 0.355 e. The second-order valence-corrected chi connectivity index (χ2v) is 8.62. The first kappa shape index (κ1) is 33.2. The van der Waals surface area contributed by atoms with Gasteiger partial charge in [0.1, 0.15) is 17.7 Å². The molecule has 39 heavy (non-hydrogen) atoms. The third kappa shape index (κ3) is 10.1. The van der Waals surface area contributed by atoms with Gasteiger partial charge in [-0.1, -0.05) is 44.2 Å². The van der Waals surface area contributed by atoms with Gasteiger partial charge in [0.15, 0.2) is 0 Å². The Morgan fingerprint density at radius 1 is 1.13 bits per heavy atom. The molecule has 0 unspecified atom stereocenters. The summed E-state index contributed by atoms with van der Waals surface area (Å²) in [6.45, 7) is 14.0. The number of methoxy groups -OCH3 is 1. The quantitative estimate of drug-likeness (QED) is 0.120. The van der Waals surface area contributed by atoms with Crippen LogP contribution in [0.25, 0.3) is 22.0 Å². The van der Waals surface area contributed by atoms with Crippen molar-refractivity contribution in [1.82, 2.24) is 4.57 Å². The lowest BCUT2D eigenvalue weighted by atomic mass is 9.99. The lowest BCUT2D eigenvalue weighted by molar-refractivity contribution is -0.107. The molecule has 6 heteroatoms. The first-order valence-electron chi connectivity index (χ1n) is 13.6. The molecule has 1 aromatic heterocycles. The van der Waals surface area contributed by atoms with E-state index in [4.69, 9.17) is 9.47 Å². The number of rotatable bonds is 9. The maximum absolute atomic E-state index is 12.8. The third-order valence-corrected chi connectivity index (χ3v) is 5.63. The van der Waals surface area contributed by atoms with Crippen LogP contribution in [0.4, 0.5) is 0 Å². The molecule has 1 aliphatic rings. The van der Waals surface area contributed by atoms with E-state index in [2.05, 4.69) is 11.3 Å². The van der Waals surface area contributed by atoms with Gasteiger partial charge in [-0.3, -0.25) is 0 Å². The van der Waals surface area contributed by atoms with Crippen molar-refractivity contribution in [1.29, 1.82) is 0 Å². The summed E-state index contributed by atoms with van der Waals surface area (Å²) < 4.78 is 17.7. The van der Waals surface area contributed by atoms with Gasteiger partial charge in [-0.25, -0.2) is 4.79 Å². The second-order valence-electron chi connectivity index (χ2n) is 8.62. The van der Waals surface area contributed by atoms with Crippen molar-refractivity contribution >= 4 is 23.2 Å². The first-order valence-corrected chi connectivity index (χ1v) is 13.6. The predicted molar refractivity (Wildman–Crippen MR) is 161 cm³/mol. The molecule has 212 valence electrons. The van der Waals surface area contributed by atoms with Gasteiger partial charge in [0.2, 0.25) is 0 Å². The highest BCUT2D eigenvalue weighted by atomic mass is 16.5. The third-order valence-electron chi connectivity index (χ3n) is 5.63. The molecule has 3 aromatic rings. The van der Waals surface area contributed by atoms with Gasteiger partial charge in [-0.05, 0) is 74.9 Å². The molecule has 4 rings (SSSR count). The zero-order chi connectivity index (χ0) is 29.2. The van der Waals surface area contributed by atoms with Gasteiger partial charge < -0.3 is 23.6 Å². The number of ether oxygens (including phenoxy) is 3. The summed E-state index contributed by atoms with van der Waals surface area (Å²) in [4.78, 5) is 23.8. The highest BCUT2D eigenvalue weighted by molar-refractivity contribution is 6.09. The molecule has 0 atom stereocenters. The van der Waals surface area contributed by atoms with E-state index < -0.39 is 0 Å². The van der Waals surface area contributed by atoms with Crippen LogP contribution in [0.5, 0.6) is 5.75 Å². The summed E-state index contributed by atoms with van der Waals surface area (Å²) in [6.07, 6.45) is 8.90. The maximum Gasteiger partial charge on any atom is 0.355 e. The number of aldehydes is 1. The molecule has 0 saturated heterocycles. The SMILES string of the molecule is C/C=C/OC.C=CC.CC.CCOC(=O)c1c(-c2cccc(OCC3CC3)c2)c2cc(CC=O)ccc2n1C. The van der Waals surface area contributed by atoms with Gasteiger partial charge in [0.05, 0.1) is 26.6 Å². The minimum atomic E-state index is -0.359. The summed E-state index contributed by atoms with van der Waals surface area (Å²) in [6, 6.07) is 13.7. The van der Waals surface area contributed by atoms with E-state index in [1.165, 1.54) is 12.8 Å². The van der Waals surface area contributed by atoms with Crippen molar-refractivity contribution in [2.75, 3.05) is 20.3 Å². The lowest BCUT2D eigenvalue weighted by Gasteiger charge is -2.10. The standard InChI is InChI=1S/C24H25NO4.C4H8O.C3H6.C2H6/c1-3-28-24(27)23-22(18-5-4-6-19(14-18)29-15-17-7-8-17)20-13-16(11-12-26)9-10-21(20)25(23)2;1-3-4-5-2;1-3-2;1-2/h4-6,9-10,12-14,17H,3,7-8,11,15H2,1-2H3;3-4H,1-2H3;3H,1H2,2H3;1-2H3/b;4-3+;;. The molecule has 0 aliphatic heterocycles. The maximum atomic E-state index is 12.8. The number of hydrogen-bond donors (Lipinski definition) is 0. The molecule has 0 radical (unpaired) electrons. The molecular weight excluding hydrogens is 490 g/mol. The van der Waals surface area contributed by atoms with Crippen LogP contribution < -0.4 is 4.74 Å². The lowest BCUT2D eigenvalue weighted by Crippen LogP contribution is -2.11. The summed E-state index contributed by atoms with van der Waals surface area (Å²) in [7, 11) is 3.49. The number of aryl methyl sites for hydroxylation is 1. The number of fused-ring (bicyclic) bond motifs is 1. The van der Waals surface area contributed by atoms with Crippen molar-refractivity contribution in [3.8, 4) is 16.9 Å².